The van der Waals surface area contributed by atoms with E-state index in [2.05, 4.69) is 84.0 Å². The van der Waals surface area contributed by atoms with Crippen molar-refractivity contribution in [2.75, 3.05) is 0 Å². The first-order valence-electron chi connectivity index (χ1n) is 8.41. The van der Waals surface area contributed by atoms with Crippen LogP contribution < -0.4 is 0 Å². The molecule has 0 heterocycles. The van der Waals surface area contributed by atoms with Crippen LogP contribution in [0.15, 0.2) is 42.5 Å². The first kappa shape index (κ1) is 15.3. The van der Waals surface area contributed by atoms with Gasteiger partial charge in [0.15, 0.2) is 0 Å². The van der Waals surface area contributed by atoms with Gasteiger partial charge in [0.25, 0.3) is 0 Å². The zero-order chi connectivity index (χ0) is 16.1. The normalized spacial score (nSPS) is 17.3. The Morgan fingerprint density at radius 1 is 0.773 bits per heavy atom. The van der Waals surface area contributed by atoms with Crippen LogP contribution in [0, 0.1) is 5.41 Å². The summed E-state index contributed by atoms with van der Waals surface area (Å²) in [6.07, 6.45) is 1.20. The van der Waals surface area contributed by atoms with Gasteiger partial charge in [-0.05, 0) is 45.1 Å². The first-order valence-corrected chi connectivity index (χ1v) is 8.41. The van der Waals surface area contributed by atoms with E-state index in [4.69, 9.17) is 0 Å². The van der Waals surface area contributed by atoms with Crippen LogP contribution in [0.1, 0.15) is 70.6 Å². The van der Waals surface area contributed by atoms with Crippen molar-refractivity contribution in [3.8, 4) is 11.1 Å². The molecule has 22 heavy (non-hydrogen) atoms. The lowest BCUT2D eigenvalue weighted by atomic mass is 9.78. The zero-order valence-corrected chi connectivity index (χ0v) is 14.8. The van der Waals surface area contributed by atoms with Gasteiger partial charge in [-0.1, -0.05) is 84.0 Å². The van der Waals surface area contributed by atoms with Crippen molar-refractivity contribution in [3.05, 3.63) is 59.2 Å². The number of hydrogen-bond acceptors (Lipinski definition) is 0. The Morgan fingerprint density at radius 2 is 1.41 bits per heavy atom. The molecule has 0 nitrogen and oxygen atoms in total. The van der Waals surface area contributed by atoms with Crippen LogP contribution in [0.4, 0.5) is 0 Å². The first-order chi connectivity index (χ1) is 10.2. The van der Waals surface area contributed by atoms with Crippen molar-refractivity contribution >= 4 is 0 Å². The number of rotatable bonds is 1. The fourth-order valence-corrected chi connectivity index (χ4v) is 3.81. The second-order valence-corrected chi connectivity index (χ2v) is 8.92. The Hall–Kier alpha value is -1.56. The fourth-order valence-electron chi connectivity index (χ4n) is 3.81. The summed E-state index contributed by atoms with van der Waals surface area (Å²) < 4.78 is 0. The van der Waals surface area contributed by atoms with Gasteiger partial charge in [-0.2, -0.15) is 0 Å². The van der Waals surface area contributed by atoms with Gasteiger partial charge in [-0.25, -0.2) is 0 Å². The summed E-state index contributed by atoms with van der Waals surface area (Å²) in [4.78, 5) is 0. The third kappa shape index (κ3) is 2.60. The molecule has 0 radical (unpaired) electrons. The largest absolute Gasteiger partial charge is 0.0619 e. The second kappa shape index (κ2) is 4.98. The molecular weight excluding hydrogens is 264 g/mol. The molecule has 2 aromatic carbocycles. The van der Waals surface area contributed by atoms with Crippen LogP contribution in [-0.4, -0.2) is 0 Å². The van der Waals surface area contributed by atoms with Crippen molar-refractivity contribution in [1.82, 2.24) is 0 Å². The topological polar surface area (TPSA) is 0 Å². The number of hydrogen-bond donors (Lipinski definition) is 0. The lowest BCUT2D eigenvalue weighted by molar-refractivity contribution is 0.359. The molecule has 2 aromatic rings. The molecule has 0 N–H and O–H groups in total. The minimum atomic E-state index is 0.176. The lowest BCUT2D eigenvalue weighted by Gasteiger charge is -2.26. The Kier molecular flexibility index (Phi) is 3.47. The van der Waals surface area contributed by atoms with E-state index in [9.17, 15) is 0 Å². The highest BCUT2D eigenvalue weighted by Crippen LogP contribution is 2.51. The van der Waals surface area contributed by atoms with E-state index in [1.165, 1.54) is 34.2 Å². The highest BCUT2D eigenvalue weighted by Gasteiger charge is 2.34. The third-order valence-electron chi connectivity index (χ3n) is 4.70. The fraction of sp³-hybridized carbons (Fsp3) is 0.455. The minimum absolute atomic E-state index is 0.176. The van der Waals surface area contributed by atoms with Crippen molar-refractivity contribution in [1.29, 1.82) is 0 Å². The molecule has 3 rings (SSSR count). The molecule has 1 aliphatic rings. The van der Waals surface area contributed by atoms with E-state index in [1.807, 2.05) is 0 Å². The van der Waals surface area contributed by atoms with Gasteiger partial charge in [0.1, 0.15) is 0 Å². The van der Waals surface area contributed by atoms with Crippen LogP contribution in [0.25, 0.3) is 11.1 Å². The second-order valence-electron chi connectivity index (χ2n) is 8.92. The molecular formula is C22H28. The van der Waals surface area contributed by atoms with Gasteiger partial charge in [-0.15, -0.1) is 0 Å². The van der Waals surface area contributed by atoms with Crippen LogP contribution in [0.2, 0.25) is 0 Å². The predicted octanol–water partition coefficient (Wildman–Crippen LogP) is 6.53. The van der Waals surface area contributed by atoms with Crippen molar-refractivity contribution < 1.29 is 0 Å². The summed E-state index contributed by atoms with van der Waals surface area (Å²) in [5.74, 6) is 0.536. The molecule has 0 bridgehead atoms. The van der Waals surface area contributed by atoms with E-state index < -0.39 is 0 Å². The number of benzene rings is 2. The highest BCUT2D eigenvalue weighted by molar-refractivity contribution is 5.82. The smallest absolute Gasteiger partial charge is 0.0107 e. The van der Waals surface area contributed by atoms with Crippen LogP contribution in [-0.2, 0) is 5.41 Å². The van der Waals surface area contributed by atoms with Gasteiger partial charge in [0.05, 0.1) is 0 Å². The van der Waals surface area contributed by atoms with E-state index in [-0.39, 0.29) is 5.41 Å². The average Bonchev–Trinajstić information content (AvgIpc) is 2.71. The van der Waals surface area contributed by atoms with Gasteiger partial charge in [0, 0.05) is 5.92 Å². The molecule has 0 saturated heterocycles. The molecule has 0 spiro atoms. The third-order valence-corrected chi connectivity index (χ3v) is 4.70. The molecule has 0 aliphatic heterocycles. The van der Waals surface area contributed by atoms with Gasteiger partial charge in [0.2, 0.25) is 0 Å². The molecule has 1 atom stereocenters. The van der Waals surface area contributed by atoms with E-state index in [1.54, 1.807) is 0 Å². The Labute approximate surface area is 135 Å². The predicted molar refractivity (Wildman–Crippen MR) is 96.5 cm³/mol. The maximum absolute atomic E-state index is 2.35. The molecule has 0 fully saturated rings. The standard InChI is InChI=1S/C22H28/c1-21(2,3)14-18-15-10-7-8-11-16(15)20-17(18)12-9-13-19(20)22(4,5)6/h7-13,18H,14H2,1-6H3. The zero-order valence-electron chi connectivity index (χ0n) is 14.8. The van der Waals surface area contributed by atoms with E-state index >= 15 is 0 Å². The molecule has 0 heteroatoms. The Balaban J connectivity index is 2.25. The van der Waals surface area contributed by atoms with Crippen LogP contribution in [0.5, 0.6) is 0 Å². The monoisotopic (exact) mass is 292 g/mol. The minimum Gasteiger partial charge on any atom is -0.0619 e. The van der Waals surface area contributed by atoms with Crippen LogP contribution in [0.3, 0.4) is 0 Å². The van der Waals surface area contributed by atoms with Gasteiger partial charge >= 0.3 is 0 Å². The lowest BCUT2D eigenvalue weighted by Crippen LogP contribution is -2.14. The van der Waals surface area contributed by atoms with Gasteiger partial charge < -0.3 is 0 Å². The van der Waals surface area contributed by atoms with E-state index in [0.29, 0.717) is 11.3 Å². The molecule has 0 saturated carbocycles. The van der Waals surface area contributed by atoms with E-state index in [0.717, 1.165) is 0 Å². The van der Waals surface area contributed by atoms with Gasteiger partial charge in [-0.3, -0.25) is 0 Å². The van der Waals surface area contributed by atoms with Crippen molar-refractivity contribution in [3.63, 3.8) is 0 Å². The Morgan fingerprint density at radius 3 is 2.05 bits per heavy atom. The van der Waals surface area contributed by atoms with Crippen molar-refractivity contribution in [2.24, 2.45) is 5.41 Å². The van der Waals surface area contributed by atoms with Crippen molar-refractivity contribution in [2.45, 2.75) is 59.3 Å². The molecule has 1 unspecified atom stereocenters. The summed E-state index contributed by atoms with van der Waals surface area (Å²) in [7, 11) is 0. The van der Waals surface area contributed by atoms with Crippen LogP contribution >= 0.6 is 0 Å². The quantitative estimate of drug-likeness (QED) is 0.560. The summed E-state index contributed by atoms with van der Waals surface area (Å²) in [6.45, 7) is 14.0. The molecule has 1 aliphatic carbocycles. The summed E-state index contributed by atoms with van der Waals surface area (Å²) >= 11 is 0. The summed E-state index contributed by atoms with van der Waals surface area (Å²) in [5, 5.41) is 0. The summed E-state index contributed by atoms with van der Waals surface area (Å²) in [6, 6.07) is 15.9. The highest BCUT2D eigenvalue weighted by atomic mass is 14.4. The molecule has 0 amide bonds. The number of fused-ring (bicyclic) bond motifs is 3. The maximum atomic E-state index is 2.35. The molecule has 116 valence electrons. The maximum Gasteiger partial charge on any atom is 0.0107 e. The Bertz CT molecular complexity index is 693. The summed E-state index contributed by atoms with van der Waals surface area (Å²) in [5.41, 5.74) is 7.99. The average molecular weight is 292 g/mol. The molecule has 0 aromatic heterocycles. The SMILES string of the molecule is CC(C)(C)CC1c2ccccc2-c2c1cccc2C(C)(C)C.